The van der Waals surface area contributed by atoms with Gasteiger partial charge in [-0.15, -0.1) is 0 Å². The number of hydrogen-bond donors (Lipinski definition) is 3. The summed E-state index contributed by atoms with van der Waals surface area (Å²) in [6.07, 6.45) is 3.77. The zero-order chi connectivity index (χ0) is 14.8. The lowest BCUT2D eigenvalue weighted by molar-refractivity contribution is -0.122. The quantitative estimate of drug-likeness (QED) is 0.655. The van der Waals surface area contributed by atoms with Crippen LogP contribution in [0.2, 0.25) is 0 Å². The van der Waals surface area contributed by atoms with Crippen LogP contribution < -0.4 is 16.6 Å². The molecular formula is C12H17N7O2. The molecule has 0 atom stereocenters. The molecular weight excluding hydrogens is 274 g/mol. The Morgan fingerprint density at radius 1 is 1.43 bits per heavy atom. The molecule has 21 heavy (non-hydrogen) atoms. The van der Waals surface area contributed by atoms with Crippen LogP contribution in [-0.4, -0.2) is 50.1 Å². The lowest BCUT2D eigenvalue weighted by Gasteiger charge is -2.15. The molecule has 2 aromatic heterocycles. The van der Waals surface area contributed by atoms with Gasteiger partial charge in [-0.05, 0) is 25.9 Å². The number of anilines is 1. The Balaban J connectivity index is 1.69. The number of nitrogens with zero attached hydrogens (tertiary/aromatic N) is 4. The van der Waals surface area contributed by atoms with Crippen LogP contribution in [0.3, 0.4) is 0 Å². The number of aromatic amines is 1. The van der Waals surface area contributed by atoms with Gasteiger partial charge in [-0.25, -0.2) is 4.98 Å². The highest BCUT2D eigenvalue weighted by atomic mass is 16.2. The third kappa shape index (κ3) is 2.87. The molecule has 0 bridgehead atoms. The molecule has 1 saturated heterocycles. The van der Waals surface area contributed by atoms with Crippen molar-refractivity contribution in [2.24, 2.45) is 0 Å². The number of carbonyl (C=O) groups excluding carboxylic acids is 1. The molecule has 9 heteroatoms. The number of likely N-dealkylation sites (tertiary alicyclic amines) is 1. The van der Waals surface area contributed by atoms with Gasteiger partial charge in [0, 0.05) is 0 Å². The number of H-pyrrole nitrogens is 1. The predicted molar refractivity (Wildman–Crippen MR) is 76.4 cm³/mol. The monoisotopic (exact) mass is 291 g/mol. The Morgan fingerprint density at radius 2 is 2.19 bits per heavy atom. The van der Waals surface area contributed by atoms with E-state index in [0.717, 1.165) is 13.1 Å². The van der Waals surface area contributed by atoms with Crippen LogP contribution in [0.4, 0.5) is 5.95 Å². The molecule has 0 saturated carbocycles. The smallest absolute Gasteiger partial charge is 0.280 e. The summed E-state index contributed by atoms with van der Waals surface area (Å²) in [5.74, 6) is -0.145. The van der Waals surface area contributed by atoms with Crippen LogP contribution in [0.15, 0.2) is 11.1 Å². The van der Waals surface area contributed by atoms with E-state index in [0.29, 0.717) is 12.3 Å². The number of imidazole rings is 1. The second kappa shape index (κ2) is 5.52. The summed E-state index contributed by atoms with van der Waals surface area (Å²) in [7, 11) is 0. The molecule has 1 amide bonds. The summed E-state index contributed by atoms with van der Waals surface area (Å²) in [4.78, 5) is 36.1. The molecule has 0 aliphatic carbocycles. The van der Waals surface area contributed by atoms with Crippen molar-refractivity contribution in [1.82, 2.24) is 29.7 Å². The van der Waals surface area contributed by atoms with Crippen molar-refractivity contribution in [1.29, 1.82) is 0 Å². The zero-order valence-electron chi connectivity index (χ0n) is 11.5. The summed E-state index contributed by atoms with van der Waals surface area (Å²) in [6, 6.07) is 0. The molecule has 9 nitrogen and oxygen atoms in total. The minimum Gasteiger partial charge on any atom is -0.369 e. The molecule has 0 radical (unpaired) electrons. The number of aromatic nitrogens is 4. The first-order valence-corrected chi connectivity index (χ1v) is 6.83. The summed E-state index contributed by atoms with van der Waals surface area (Å²) in [5, 5.41) is 2.85. The number of amides is 1. The van der Waals surface area contributed by atoms with Crippen LogP contribution in [-0.2, 0) is 11.3 Å². The fourth-order valence-corrected chi connectivity index (χ4v) is 2.44. The summed E-state index contributed by atoms with van der Waals surface area (Å²) >= 11 is 0. The van der Waals surface area contributed by atoms with Gasteiger partial charge in [0.05, 0.1) is 13.0 Å². The van der Waals surface area contributed by atoms with Crippen molar-refractivity contribution in [3.8, 4) is 0 Å². The zero-order valence-corrected chi connectivity index (χ0v) is 11.5. The Labute approximate surface area is 120 Å². The lowest BCUT2D eigenvalue weighted by atomic mass is 10.4. The van der Waals surface area contributed by atoms with E-state index in [-0.39, 0.29) is 23.9 Å². The second-order valence-electron chi connectivity index (χ2n) is 5.08. The van der Waals surface area contributed by atoms with Gasteiger partial charge < -0.3 is 15.6 Å². The number of nitrogens with one attached hydrogen (secondary N) is 2. The molecule has 0 spiro atoms. The molecule has 3 heterocycles. The third-order valence-electron chi connectivity index (χ3n) is 3.51. The molecule has 0 unspecified atom stereocenters. The van der Waals surface area contributed by atoms with E-state index in [2.05, 4.69) is 25.2 Å². The van der Waals surface area contributed by atoms with E-state index < -0.39 is 5.56 Å². The van der Waals surface area contributed by atoms with Gasteiger partial charge >= 0.3 is 0 Å². The Hall–Kier alpha value is -2.42. The highest BCUT2D eigenvalue weighted by molar-refractivity contribution is 5.78. The van der Waals surface area contributed by atoms with Crippen molar-refractivity contribution < 1.29 is 4.79 Å². The van der Waals surface area contributed by atoms with E-state index in [9.17, 15) is 9.59 Å². The molecule has 3 rings (SSSR count). The van der Waals surface area contributed by atoms with Crippen LogP contribution in [0, 0.1) is 0 Å². The number of nitrogens with two attached hydrogens (primary N) is 1. The number of hydrogen-bond acceptors (Lipinski definition) is 6. The molecule has 0 aromatic carbocycles. The van der Waals surface area contributed by atoms with Crippen molar-refractivity contribution >= 4 is 23.0 Å². The number of nitrogen functional groups attached to an aromatic ring is 1. The van der Waals surface area contributed by atoms with Crippen LogP contribution in [0.1, 0.15) is 12.8 Å². The SMILES string of the molecule is Nc1nc2c(ncn2CC(=O)NCN2CCCC2)c(=O)[nH]1. The van der Waals surface area contributed by atoms with Crippen molar-refractivity contribution in [2.75, 3.05) is 25.5 Å². The molecule has 4 N–H and O–H groups in total. The summed E-state index contributed by atoms with van der Waals surface area (Å²) in [5.41, 5.74) is 5.59. The van der Waals surface area contributed by atoms with E-state index in [1.165, 1.54) is 23.7 Å². The van der Waals surface area contributed by atoms with Gasteiger partial charge in [0.15, 0.2) is 11.2 Å². The Morgan fingerprint density at radius 3 is 2.95 bits per heavy atom. The van der Waals surface area contributed by atoms with Crippen molar-refractivity contribution in [3.05, 3.63) is 16.7 Å². The fraction of sp³-hybridized carbons (Fsp3) is 0.500. The maximum Gasteiger partial charge on any atom is 0.280 e. The summed E-state index contributed by atoms with van der Waals surface area (Å²) < 4.78 is 1.51. The lowest BCUT2D eigenvalue weighted by Crippen LogP contribution is -2.37. The first-order valence-electron chi connectivity index (χ1n) is 6.83. The largest absolute Gasteiger partial charge is 0.369 e. The molecule has 1 fully saturated rings. The number of rotatable bonds is 4. The van der Waals surface area contributed by atoms with Crippen LogP contribution >= 0.6 is 0 Å². The average Bonchev–Trinajstić information content (AvgIpc) is 3.07. The normalized spacial score (nSPS) is 15.6. The first kappa shape index (κ1) is 13.6. The fourth-order valence-electron chi connectivity index (χ4n) is 2.44. The van der Waals surface area contributed by atoms with E-state index in [1.54, 1.807) is 0 Å². The highest BCUT2D eigenvalue weighted by Crippen LogP contribution is 2.07. The second-order valence-corrected chi connectivity index (χ2v) is 5.08. The standard InChI is InChI=1S/C12H17N7O2/c13-12-16-10-9(11(21)17-12)15-7-19(10)5-8(20)14-6-18-3-1-2-4-18/h7H,1-6H2,(H,14,20)(H3,13,16,17,21). The van der Waals surface area contributed by atoms with Gasteiger partial charge in [-0.3, -0.25) is 19.5 Å². The van der Waals surface area contributed by atoms with Crippen molar-refractivity contribution in [2.45, 2.75) is 19.4 Å². The minimum absolute atomic E-state index is 0.00623. The molecule has 1 aliphatic rings. The van der Waals surface area contributed by atoms with E-state index in [1.807, 2.05) is 0 Å². The van der Waals surface area contributed by atoms with E-state index in [4.69, 9.17) is 5.73 Å². The van der Waals surface area contributed by atoms with Gasteiger partial charge in [-0.2, -0.15) is 4.98 Å². The Kier molecular flexibility index (Phi) is 3.57. The van der Waals surface area contributed by atoms with Gasteiger partial charge in [-0.1, -0.05) is 0 Å². The van der Waals surface area contributed by atoms with E-state index >= 15 is 0 Å². The molecule has 112 valence electrons. The average molecular weight is 291 g/mol. The Bertz CT molecular complexity index is 714. The predicted octanol–water partition coefficient (Wildman–Crippen LogP) is -1.13. The van der Waals surface area contributed by atoms with Crippen molar-refractivity contribution in [3.63, 3.8) is 0 Å². The maximum atomic E-state index is 11.9. The highest BCUT2D eigenvalue weighted by Gasteiger charge is 2.14. The molecule has 2 aromatic rings. The summed E-state index contributed by atoms with van der Waals surface area (Å²) in [6.45, 7) is 2.63. The topological polar surface area (TPSA) is 122 Å². The maximum absolute atomic E-state index is 11.9. The number of carbonyl (C=O) groups is 1. The third-order valence-corrected chi connectivity index (χ3v) is 3.51. The molecule has 1 aliphatic heterocycles. The van der Waals surface area contributed by atoms with Crippen LogP contribution in [0.5, 0.6) is 0 Å². The van der Waals surface area contributed by atoms with Gasteiger partial charge in [0.25, 0.3) is 5.56 Å². The van der Waals surface area contributed by atoms with Gasteiger partial charge in [0.1, 0.15) is 6.54 Å². The number of fused-ring (bicyclic) bond motifs is 1. The minimum atomic E-state index is -0.409. The first-order chi connectivity index (χ1) is 10.1. The van der Waals surface area contributed by atoms with Crippen LogP contribution in [0.25, 0.3) is 11.2 Å². The van der Waals surface area contributed by atoms with Gasteiger partial charge in [0.2, 0.25) is 11.9 Å².